The van der Waals surface area contributed by atoms with Gasteiger partial charge in [0, 0.05) is 17.1 Å². The Morgan fingerprint density at radius 3 is 2.89 bits per heavy atom. The Labute approximate surface area is 111 Å². The SMILES string of the molecule is CC1=C2C[C@H]3[C@](C)(C=C2OC1=O)[C@H]1C[C@H]1[C@@]3(O)CO. The monoisotopic (exact) mass is 262 g/mol. The van der Waals surface area contributed by atoms with E-state index in [9.17, 15) is 15.0 Å². The van der Waals surface area contributed by atoms with Crippen LogP contribution in [-0.2, 0) is 9.53 Å². The summed E-state index contributed by atoms with van der Waals surface area (Å²) in [6, 6.07) is 0. The van der Waals surface area contributed by atoms with Crippen LogP contribution in [0.25, 0.3) is 0 Å². The molecule has 1 aliphatic heterocycles. The van der Waals surface area contributed by atoms with E-state index in [2.05, 4.69) is 6.92 Å². The van der Waals surface area contributed by atoms with Gasteiger partial charge in [0.15, 0.2) is 0 Å². The molecule has 5 atom stereocenters. The van der Waals surface area contributed by atoms with E-state index in [-0.39, 0.29) is 29.8 Å². The van der Waals surface area contributed by atoms with Gasteiger partial charge in [-0.05, 0) is 43.1 Å². The molecule has 102 valence electrons. The van der Waals surface area contributed by atoms with E-state index in [0.717, 1.165) is 12.0 Å². The van der Waals surface area contributed by atoms with Gasteiger partial charge in [0.1, 0.15) is 5.76 Å². The Kier molecular flexibility index (Phi) is 1.92. The third-order valence-corrected chi connectivity index (χ3v) is 5.95. The molecule has 2 saturated carbocycles. The zero-order valence-electron chi connectivity index (χ0n) is 11.1. The molecule has 4 rings (SSSR count). The number of allylic oxidation sites excluding steroid dienone is 2. The molecule has 4 nitrogen and oxygen atoms in total. The summed E-state index contributed by atoms with van der Waals surface area (Å²) in [4.78, 5) is 11.7. The molecule has 2 fully saturated rings. The van der Waals surface area contributed by atoms with Crippen LogP contribution in [0.15, 0.2) is 23.0 Å². The summed E-state index contributed by atoms with van der Waals surface area (Å²) in [6.45, 7) is 3.70. The molecule has 4 heteroatoms. The lowest BCUT2D eigenvalue weighted by atomic mass is 9.64. The molecule has 0 spiro atoms. The van der Waals surface area contributed by atoms with Crippen molar-refractivity contribution in [3.05, 3.63) is 23.0 Å². The molecule has 0 unspecified atom stereocenters. The highest BCUT2D eigenvalue weighted by Crippen LogP contribution is 2.72. The highest BCUT2D eigenvalue weighted by molar-refractivity contribution is 5.94. The van der Waals surface area contributed by atoms with Crippen LogP contribution in [0.1, 0.15) is 26.7 Å². The Morgan fingerprint density at radius 1 is 1.47 bits per heavy atom. The maximum Gasteiger partial charge on any atom is 0.339 e. The number of carbonyl (C=O) groups is 1. The number of fused-ring (bicyclic) bond motifs is 4. The van der Waals surface area contributed by atoms with E-state index in [0.29, 0.717) is 23.7 Å². The van der Waals surface area contributed by atoms with E-state index in [1.807, 2.05) is 6.08 Å². The first kappa shape index (κ1) is 11.7. The van der Waals surface area contributed by atoms with Crippen LogP contribution in [-0.4, -0.2) is 28.4 Å². The molecule has 19 heavy (non-hydrogen) atoms. The average molecular weight is 262 g/mol. The second kappa shape index (κ2) is 3.13. The standard InChI is InChI=1S/C15H18O4/c1-7-8-3-12-14(2,5-11(8)19-13(7)17)9-4-10(9)15(12,18)6-16/h5,9-10,12,16,18H,3-4,6H2,1-2H3/t9-,10+,12-,14+,15-/m0/s1. The maximum atomic E-state index is 11.7. The lowest BCUT2D eigenvalue weighted by Gasteiger charge is -2.42. The predicted molar refractivity (Wildman–Crippen MR) is 66.7 cm³/mol. The summed E-state index contributed by atoms with van der Waals surface area (Å²) in [5, 5.41) is 20.5. The molecule has 0 radical (unpaired) electrons. The smallest absolute Gasteiger partial charge is 0.339 e. The second-order valence-corrected chi connectivity index (χ2v) is 6.72. The molecule has 1 heterocycles. The third-order valence-electron chi connectivity index (χ3n) is 5.95. The van der Waals surface area contributed by atoms with E-state index >= 15 is 0 Å². The van der Waals surface area contributed by atoms with Gasteiger partial charge in [-0.2, -0.15) is 0 Å². The molecule has 4 aliphatic rings. The highest BCUT2D eigenvalue weighted by Gasteiger charge is 2.72. The zero-order valence-corrected chi connectivity index (χ0v) is 11.1. The number of rotatable bonds is 1. The van der Waals surface area contributed by atoms with Crippen LogP contribution in [0.4, 0.5) is 0 Å². The molecule has 0 amide bonds. The van der Waals surface area contributed by atoms with Crippen molar-refractivity contribution < 1.29 is 19.7 Å². The van der Waals surface area contributed by atoms with E-state index in [1.165, 1.54) is 0 Å². The van der Waals surface area contributed by atoms with Gasteiger partial charge in [0.25, 0.3) is 0 Å². The summed E-state index contributed by atoms with van der Waals surface area (Å²) >= 11 is 0. The molecule has 0 aromatic rings. The van der Waals surface area contributed by atoms with Crippen LogP contribution in [0.3, 0.4) is 0 Å². The van der Waals surface area contributed by atoms with E-state index in [4.69, 9.17) is 4.74 Å². The Morgan fingerprint density at radius 2 is 2.21 bits per heavy atom. The molecule has 2 N–H and O–H groups in total. The molecule has 0 aromatic heterocycles. The van der Waals surface area contributed by atoms with Gasteiger partial charge in [0.2, 0.25) is 0 Å². The van der Waals surface area contributed by atoms with Crippen molar-refractivity contribution in [1.82, 2.24) is 0 Å². The van der Waals surface area contributed by atoms with Crippen molar-refractivity contribution >= 4 is 5.97 Å². The largest absolute Gasteiger partial charge is 0.423 e. The summed E-state index contributed by atoms with van der Waals surface area (Å²) in [5.41, 5.74) is 0.404. The third kappa shape index (κ3) is 1.15. The van der Waals surface area contributed by atoms with E-state index in [1.54, 1.807) is 6.92 Å². The minimum atomic E-state index is -1.000. The molecular weight excluding hydrogens is 244 g/mol. The zero-order chi connectivity index (χ0) is 13.6. The topological polar surface area (TPSA) is 66.8 Å². The van der Waals surface area contributed by atoms with Gasteiger partial charge in [-0.15, -0.1) is 0 Å². The minimum absolute atomic E-state index is 0.0167. The van der Waals surface area contributed by atoms with Gasteiger partial charge < -0.3 is 14.9 Å². The lowest BCUT2D eigenvalue weighted by molar-refractivity contribution is -0.133. The number of hydrogen-bond donors (Lipinski definition) is 2. The molecule has 0 bridgehead atoms. The Hall–Kier alpha value is -1.13. The van der Waals surface area contributed by atoms with Crippen molar-refractivity contribution in [3.63, 3.8) is 0 Å². The van der Waals surface area contributed by atoms with Crippen molar-refractivity contribution in [2.75, 3.05) is 6.61 Å². The first-order chi connectivity index (χ1) is 8.91. The van der Waals surface area contributed by atoms with Crippen LogP contribution >= 0.6 is 0 Å². The summed E-state index contributed by atoms with van der Waals surface area (Å²) in [7, 11) is 0. The van der Waals surface area contributed by atoms with Crippen molar-refractivity contribution in [1.29, 1.82) is 0 Å². The normalized spacial score (nSPS) is 50.4. The number of aliphatic hydroxyl groups excluding tert-OH is 1. The highest BCUT2D eigenvalue weighted by atomic mass is 16.5. The fourth-order valence-electron chi connectivity index (χ4n) is 4.72. The molecular formula is C15H18O4. The molecule has 0 aromatic carbocycles. The maximum absolute atomic E-state index is 11.7. The number of esters is 1. The van der Waals surface area contributed by atoms with Crippen LogP contribution in [0.5, 0.6) is 0 Å². The number of aliphatic hydroxyl groups is 2. The van der Waals surface area contributed by atoms with Gasteiger partial charge >= 0.3 is 5.97 Å². The first-order valence-corrected chi connectivity index (χ1v) is 6.90. The second-order valence-electron chi connectivity index (χ2n) is 6.72. The van der Waals surface area contributed by atoms with Crippen molar-refractivity contribution in [3.8, 4) is 0 Å². The number of carbonyl (C=O) groups excluding carboxylic acids is 1. The van der Waals surface area contributed by atoms with E-state index < -0.39 is 5.60 Å². The van der Waals surface area contributed by atoms with Crippen molar-refractivity contribution in [2.45, 2.75) is 32.3 Å². The van der Waals surface area contributed by atoms with Crippen LogP contribution in [0, 0.1) is 23.2 Å². The fraction of sp³-hybridized carbons (Fsp3) is 0.667. The van der Waals surface area contributed by atoms with Crippen LogP contribution in [0.2, 0.25) is 0 Å². The number of hydrogen-bond acceptors (Lipinski definition) is 4. The average Bonchev–Trinajstić information content (AvgIpc) is 3.10. The van der Waals surface area contributed by atoms with Gasteiger partial charge in [0.05, 0.1) is 12.2 Å². The molecule has 3 aliphatic carbocycles. The minimum Gasteiger partial charge on any atom is -0.423 e. The molecule has 0 saturated heterocycles. The Balaban J connectivity index is 1.86. The van der Waals surface area contributed by atoms with Crippen LogP contribution < -0.4 is 0 Å². The lowest BCUT2D eigenvalue weighted by Crippen LogP contribution is -2.47. The van der Waals surface area contributed by atoms with Gasteiger partial charge in [-0.25, -0.2) is 4.79 Å². The van der Waals surface area contributed by atoms with Gasteiger partial charge in [-0.1, -0.05) is 6.92 Å². The predicted octanol–water partition coefficient (Wildman–Crippen LogP) is 1.14. The fourth-order valence-corrected chi connectivity index (χ4v) is 4.72. The van der Waals surface area contributed by atoms with Gasteiger partial charge in [-0.3, -0.25) is 0 Å². The summed E-state index contributed by atoms with van der Waals surface area (Å²) in [5.74, 6) is 0.999. The first-order valence-electron chi connectivity index (χ1n) is 6.90. The quantitative estimate of drug-likeness (QED) is 0.695. The Bertz CT molecular complexity index is 560. The summed E-state index contributed by atoms with van der Waals surface area (Å²) < 4.78 is 5.32. The van der Waals surface area contributed by atoms with Crippen molar-refractivity contribution in [2.24, 2.45) is 23.2 Å². The summed E-state index contributed by atoms with van der Waals surface area (Å²) in [6.07, 6.45) is 3.62. The number of ether oxygens (including phenoxy) is 1.